The second-order valence-corrected chi connectivity index (χ2v) is 3.62. The summed E-state index contributed by atoms with van der Waals surface area (Å²) in [5.74, 6) is 1.22. The molecule has 0 saturated carbocycles. The van der Waals surface area contributed by atoms with Gasteiger partial charge in [-0.25, -0.2) is 0 Å². The van der Waals surface area contributed by atoms with Gasteiger partial charge in [0.25, 0.3) is 0 Å². The summed E-state index contributed by atoms with van der Waals surface area (Å²) in [6.07, 6.45) is 0.641. The lowest BCUT2D eigenvalue weighted by Gasteiger charge is -2.26. The van der Waals surface area contributed by atoms with E-state index in [1.54, 1.807) is 0 Å². The van der Waals surface area contributed by atoms with Crippen LogP contribution in [-0.2, 0) is 6.42 Å². The van der Waals surface area contributed by atoms with E-state index in [2.05, 4.69) is 6.07 Å². The molecule has 0 bridgehead atoms. The van der Waals surface area contributed by atoms with Crippen LogP contribution in [0.5, 0.6) is 5.75 Å². The van der Waals surface area contributed by atoms with Gasteiger partial charge >= 0.3 is 0 Å². The number of benzene rings is 1. The van der Waals surface area contributed by atoms with Crippen molar-refractivity contribution in [3.8, 4) is 5.75 Å². The van der Waals surface area contributed by atoms with Crippen LogP contribution in [0.15, 0.2) is 24.3 Å². The van der Waals surface area contributed by atoms with Crippen LogP contribution in [0.3, 0.4) is 0 Å². The van der Waals surface area contributed by atoms with Crippen molar-refractivity contribution in [2.45, 2.75) is 19.4 Å². The summed E-state index contributed by atoms with van der Waals surface area (Å²) < 4.78 is 5.54. The van der Waals surface area contributed by atoms with Gasteiger partial charge in [0.05, 0.1) is 12.7 Å². The number of aliphatic hydroxyl groups is 1. The Morgan fingerprint density at radius 3 is 3.00 bits per heavy atom. The van der Waals surface area contributed by atoms with Gasteiger partial charge in [0.2, 0.25) is 0 Å². The zero-order chi connectivity index (χ0) is 9.26. The van der Waals surface area contributed by atoms with Crippen LogP contribution in [0.4, 0.5) is 0 Å². The molecule has 1 aliphatic heterocycles. The standard InChI is InChI=1S/C11H14O2/c1-8(12)10-6-9-4-2-3-5-11(9)13-7-10/h2-5,8,10,12H,6-7H2,1H3/t8-,10-/m1/s1. The van der Waals surface area contributed by atoms with E-state index in [9.17, 15) is 5.11 Å². The number of rotatable bonds is 1. The molecule has 1 aromatic carbocycles. The minimum absolute atomic E-state index is 0.245. The van der Waals surface area contributed by atoms with Crippen molar-refractivity contribution in [1.29, 1.82) is 0 Å². The summed E-state index contributed by atoms with van der Waals surface area (Å²) in [6, 6.07) is 8.02. The maximum absolute atomic E-state index is 9.42. The number of para-hydroxylation sites is 1. The maximum atomic E-state index is 9.42. The molecule has 0 aliphatic carbocycles. The molecule has 1 heterocycles. The Morgan fingerprint density at radius 2 is 2.23 bits per heavy atom. The molecule has 2 rings (SSSR count). The molecule has 0 aromatic heterocycles. The van der Waals surface area contributed by atoms with Gasteiger partial charge in [0.15, 0.2) is 0 Å². The molecule has 70 valence electrons. The first kappa shape index (κ1) is 8.57. The van der Waals surface area contributed by atoms with E-state index in [0.29, 0.717) is 6.61 Å². The number of hydrogen-bond donors (Lipinski definition) is 1. The molecule has 2 atom stereocenters. The van der Waals surface area contributed by atoms with Crippen LogP contribution in [-0.4, -0.2) is 17.8 Å². The molecule has 0 amide bonds. The minimum Gasteiger partial charge on any atom is -0.493 e. The zero-order valence-electron chi connectivity index (χ0n) is 7.73. The Bertz CT molecular complexity index is 294. The molecule has 0 fully saturated rings. The molecular weight excluding hydrogens is 164 g/mol. The van der Waals surface area contributed by atoms with Crippen LogP contribution in [0, 0.1) is 5.92 Å². The van der Waals surface area contributed by atoms with E-state index >= 15 is 0 Å². The van der Waals surface area contributed by atoms with Gasteiger partial charge in [-0.05, 0) is 25.0 Å². The van der Waals surface area contributed by atoms with E-state index in [4.69, 9.17) is 4.74 Å². The fourth-order valence-corrected chi connectivity index (χ4v) is 1.66. The number of ether oxygens (including phenoxy) is 1. The predicted molar refractivity (Wildman–Crippen MR) is 50.8 cm³/mol. The highest BCUT2D eigenvalue weighted by Gasteiger charge is 2.22. The SMILES string of the molecule is C[C@@H](O)[C@H]1COc2ccccc2C1. The summed E-state index contributed by atoms with van der Waals surface area (Å²) in [6.45, 7) is 2.46. The molecule has 1 N–H and O–H groups in total. The second kappa shape index (κ2) is 3.38. The van der Waals surface area contributed by atoms with Crippen molar-refractivity contribution >= 4 is 0 Å². The highest BCUT2D eigenvalue weighted by atomic mass is 16.5. The van der Waals surface area contributed by atoms with Crippen LogP contribution in [0.1, 0.15) is 12.5 Å². The molecule has 2 heteroatoms. The average molecular weight is 178 g/mol. The van der Waals surface area contributed by atoms with Crippen molar-refractivity contribution in [3.63, 3.8) is 0 Å². The van der Waals surface area contributed by atoms with Crippen molar-refractivity contribution in [3.05, 3.63) is 29.8 Å². The minimum atomic E-state index is -0.284. The Morgan fingerprint density at radius 1 is 1.46 bits per heavy atom. The van der Waals surface area contributed by atoms with E-state index in [0.717, 1.165) is 12.2 Å². The van der Waals surface area contributed by atoms with Crippen LogP contribution in [0.2, 0.25) is 0 Å². The second-order valence-electron chi connectivity index (χ2n) is 3.62. The summed E-state index contributed by atoms with van der Waals surface area (Å²) in [5, 5.41) is 9.42. The Balaban J connectivity index is 2.20. The van der Waals surface area contributed by atoms with Gasteiger partial charge < -0.3 is 9.84 Å². The third-order valence-corrected chi connectivity index (χ3v) is 2.59. The lowest BCUT2D eigenvalue weighted by atomic mass is 9.93. The number of fused-ring (bicyclic) bond motifs is 1. The van der Waals surface area contributed by atoms with Gasteiger partial charge in [-0.1, -0.05) is 18.2 Å². The molecule has 0 spiro atoms. The molecule has 0 saturated heterocycles. The van der Waals surface area contributed by atoms with E-state index < -0.39 is 0 Å². The quantitative estimate of drug-likeness (QED) is 0.708. The molecular formula is C11H14O2. The van der Waals surface area contributed by atoms with E-state index in [1.807, 2.05) is 25.1 Å². The third kappa shape index (κ3) is 1.68. The smallest absolute Gasteiger partial charge is 0.122 e. The first-order valence-electron chi connectivity index (χ1n) is 4.66. The Hall–Kier alpha value is -1.02. The maximum Gasteiger partial charge on any atom is 0.122 e. The van der Waals surface area contributed by atoms with Gasteiger partial charge in [-0.3, -0.25) is 0 Å². The van der Waals surface area contributed by atoms with Crippen LogP contribution in [0.25, 0.3) is 0 Å². The van der Waals surface area contributed by atoms with Crippen molar-refractivity contribution in [2.24, 2.45) is 5.92 Å². The Kier molecular flexibility index (Phi) is 2.23. The molecule has 2 nitrogen and oxygen atoms in total. The van der Waals surface area contributed by atoms with Crippen molar-refractivity contribution < 1.29 is 9.84 Å². The Labute approximate surface area is 78.2 Å². The molecule has 13 heavy (non-hydrogen) atoms. The third-order valence-electron chi connectivity index (χ3n) is 2.59. The summed E-state index contributed by atoms with van der Waals surface area (Å²) in [5.41, 5.74) is 1.21. The first-order chi connectivity index (χ1) is 6.27. The summed E-state index contributed by atoms with van der Waals surface area (Å²) in [7, 11) is 0. The number of aliphatic hydroxyl groups excluding tert-OH is 1. The predicted octanol–water partition coefficient (Wildman–Crippen LogP) is 1.62. The molecule has 0 unspecified atom stereocenters. The van der Waals surface area contributed by atoms with Gasteiger partial charge in [-0.2, -0.15) is 0 Å². The molecule has 1 aromatic rings. The highest BCUT2D eigenvalue weighted by molar-refractivity contribution is 5.35. The van der Waals surface area contributed by atoms with Crippen molar-refractivity contribution in [2.75, 3.05) is 6.61 Å². The van der Waals surface area contributed by atoms with E-state index in [-0.39, 0.29) is 12.0 Å². The van der Waals surface area contributed by atoms with Gasteiger partial charge in [-0.15, -0.1) is 0 Å². The van der Waals surface area contributed by atoms with Crippen molar-refractivity contribution in [1.82, 2.24) is 0 Å². The fraction of sp³-hybridized carbons (Fsp3) is 0.455. The van der Waals surface area contributed by atoms with Gasteiger partial charge in [0, 0.05) is 5.92 Å². The molecule has 0 radical (unpaired) electrons. The number of hydrogen-bond acceptors (Lipinski definition) is 2. The monoisotopic (exact) mass is 178 g/mol. The normalized spacial score (nSPS) is 23.1. The average Bonchev–Trinajstić information content (AvgIpc) is 2.17. The fourth-order valence-electron chi connectivity index (χ4n) is 1.66. The van der Waals surface area contributed by atoms with Crippen LogP contribution < -0.4 is 4.74 Å². The largest absolute Gasteiger partial charge is 0.493 e. The lowest BCUT2D eigenvalue weighted by molar-refractivity contribution is 0.0784. The summed E-state index contributed by atoms with van der Waals surface area (Å²) >= 11 is 0. The first-order valence-corrected chi connectivity index (χ1v) is 4.66. The highest BCUT2D eigenvalue weighted by Crippen LogP contribution is 2.27. The van der Waals surface area contributed by atoms with Crippen LogP contribution >= 0.6 is 0 Å². The summed E-state index contributed by atoms with van der Waals surface area (Å²) in [4.78, 5) is 0. The topological polar surface area (TPSA) is 29.5 Å². The van der Waals surface area contributed by atoms with Gasteiger partial charge in [0.1, 0.15) is 5.75 Å². The molecule has 1 aliphatic rings. The lowest BCUT2D eigenvalue weighted by Crippen LogP contribution is -2.29. The zero-order valence-corrected chi connectivity index (χ0v) is 7.73. The van der Waals surface area contributed by atoms with E-state index in [1.165, 1.54) is 5.56 Å².